The van der Waals surface area contributed by atoms with Crippen molar-refractivity contribution in [2.75, 3.05) is 18.5 Å². The van der Waals surface area contributed by atoms with Gasteiger partial charge in [0.1, 0.15) is 25.1 Å². The van der Waals surface area contributed by atoms with Gasteiger partial charge >= 0.3 is 0 Å². The summed E-state index contributed by atoms with van der Waals surface area (Å²) in [5, 5.41) is 3.22. The smallest absolute Gasteiger partial charge is 0.248 e. The summed E-state index contributed by atoms with van der Waals surface area (Å²) in [6.45, 7) is 2.89. The van der Waals surface area contributed by atoms with Crippen LogP contribution >= 0.6 is 0 Å². The lowest BCUT2D eigenvalue weighted by atomic mass is 10.1. The van der Waals surface area contributed by atoms with Crippen molar-refractivity contribution in [1.29, 1.82) is 0 Å². The van der Waals surface area contributed by atoms with Crippen LogP contribution in [0.25, 0.3) is 17.0 Å². The molecule has 0 saturated carbocycles. The Morgan fingerprint density at radius 2 is 1.89 bits per heavy atom. The van der Waals surface area contributed by atoms with E-state index < -0.39 is 0 Å². The average molecular weight is 363 g/mol. The number of hydrogen-bond donors (Lipinski definition) is 1. The lowest BCUT2D eigenvalue weighted by Gasteiger charge is -2.18. The van der Waals surface area contributed by atoms with E-state index in [1.54, 1.807) is 30.3 Å². The van der Waals surface area contributed by atoms with Gasteiger partial charge in [0.25, 0.3) is 0 Å². The van der Waals surface area contributed by atoms with E-state index in [1.807, 2.05) is 13.0 Å². The van der Waals surface area contributed by atoms with Gasteiger partial charge in [-0.15, -0.1) is 0 Å². The summed E-state index contributed by atoms with van der Waals surface area (Å²) in [7, 11) is 0. The molecule has 1 aromatic heterocycles. The van der Waals surface area contributed by atoms with E-state index in [1.165, 1.54) is 18.4 Å². The first-order valence-electron chi connectivity index (χ1n) is 8.51. The molecule has 4 rings (SSSR count). The molecule has 0 unspecified atom stereocenters. The first-order valence-corrected chi connectivity index (χ1v) is 8.51. The monoisotopic (exact) mass is 363 g/mol. The second-order valence-corrected chi connectivity index (χ2v) is 6.20. The number of aryl methyl sites for hydroxylation is 1. The number of ether oxygens (including phenoxy) is 2. The molecule has 27 heavy (non-hydrogen) atoms. The van der Waals surface area contributed by atoms with Crippen molar-refractivity contribution in [1.82, 2.24) is 0 Å². The van der Waals surface area contributed by atoms with Crippen molar-refractivity contribution in [3.8, 4) is 11.5 Å². The van der Waals surface area contributed by atoms with E-state index in [-0.39, 0.29) is 11.3 Å². The van der Waals surface area contributed by atoms with Gasteiger partial charge in [0.2, 0.25) is 5.91 Å². The Kier molecular flexibility index (Phi) is 4.38. The molecule has 1 N–H and O–H groups in total. The van der Waals surface area contributed by atoms with E-state index in [4.69, 9.17) is 13.9 Å². The number of nitrogens with one attached hydrogen (secondary N) is 1. The number of anilines is 1. The van der Waals surface area contributed by atoms with Crippen LogP contribution in [0.15, 0.2) is 57.9 Å². The van der Waals surface area contributed by atoms with Crippen molar-refractivity contribution in [2.24, 2.45) is 0 Å². The van der Waals surface area contributed by atoms with Gasteiger partial charge in [-0.2, -0.15) is 0 Å². The highest BCUT2D eigenvalue weighted by molar-refractivity contribution is 6.02. The maximum Gasteiger partial charge on any atom is 0.248 e. The van der Waals surface area contributed by atoms with Crippen molar-refractivity contribution < 1.29 is 18.7 Å². The lowest BCUT2D eigenvalue weighted by molar-refractivity contribution is -0.111. The van der Waals surface area contributed by atoms with Crippen LogP contribution < -0.4 is 20.2 Å². The molecule has 136 valence electrons. The fourth-order valence-electron chi connectivity index (χ4n) is 2.85. The second kappa shape index (κ2) is 6.99. The Morgan fingerprint density at radius 3 is 2.74 bits per heavy atom. The van der Waals surface area contributed by atoms with Gasteiger partial charge in [-0.3, -0.25) is 9.59 Å². The Hall–Kier alpha value is -3.54. The normalized spacial score (nSPS) is 13.1. The van der Waals surface area contributed by atoms with Gasteiger partial charge < -0.3 is 19.2 Å². The number of amides is 1. The number of fused-ring (bicyclic) bond motifs is 2. The van der Waals surface area contributed by atoms with Crippen LogP contribution in [0, 0.1) is 6.92 Å². The maximum absolute atomic E-state index is 12.5. The van der Waals surface area contributed by atoms with Gasteiger partial charge in [0.05, 0.1) is 10.9 Å². The largest absolute Gasteiger partial charge is 0.486 e. The molecular formula is C21H17NO5. The summed E-state index contributed by atoms with van der Waals surface area (Å²) in [5.41, 5.74) is 2.19. The molecule has 2 heterocycles. The number of hydrogen-bond acceptors (Lipinski definition) is 5. The quantitative estimate of drug-likeness (QED) is 0.721. The first-order chi connectivity index (χ1) is 13.1. The zero-order valence-corrected chi connectivity index (χ0v) is 14.7. The molecule has 3 aromatic rings. The second-order valence-electron chi connectivity index (χ2n) is 6.20. The minimum absolute atomic E-state index is 0.177. The minimum Gasteiger partial charge on any atom is -0.486 e. The molecule has 0 aliphatic carbocycles. The Morgan fingerprint density at radius 1 is 1.07 bits per heavy atom. The zero-order valence-electron chi connectivity index (χ0n) is 14.7. The zero-order chi connectivity index (χ0) is 18.8. The Bertz CT molecular complexity index is 1110. The van der Waals surface area contributed by atoms with Gasteiger partial charge in [-0.1, -0.05) is 11.6 Å². The molecule has 0 spiro atoms. The fourth-order valence-corrected chi connectivity index (χ4v) is 2.85. The van der Waals surface area contributed by atoms with Crippen LogP contribution in [0.3, 0.4) is 0 Å². The van der Waals surface area contributed by atoms with Crippen molar-refractivity contribution in [3.63, 3.8) is 0 Å². The first kappa shape index (κ1) is 16.9. The topological polar surface area (TPSA) is 77.8 Å². The molecule has 0 atom stereocenters. The van der Waals surface area contributed by atoms with E-state index in [0.717, 1.165) is 5.56 Å². The molecule has 1 aliphatic heterocycles. The highest BCUT2D eigenvalue weighted by atomic mass is 16.6. The Labute approximate surface area is 155 Å². The van der Waals surface area contributed by atoms with Crippen LogP contribution in [0.5, 0.6) is 11.5 Å². The lowest BCUT2D eigenvalue weighted by Crippen LogP contribution is -2.16. The van der Waals surface area contributed by atoms with Crippen molar-refractivity contribution in [2.45, 2.75) is 6.92 Å². The van der Waals surface area contributed by atoms with Gasteiger partial charge in [0, 0.05) is 17.8 Å². The van der Waals surface area contributed by atoms with E-state index >= 15 is 0 Å². The van der Waals surface area contributed by atoms with Crippen LogP contribution in [-0.2, 0) is 4.79 Å². The summed E-state index contributed by atoms with van der Waals surface area (Å²) >= 11 is 0. The fraction of sp³-hybridized carbons (Fsp3) is 0.143. The SMILES string of the molecule is Cc1ccc2occ(/C=C/C(=O)Nc3ccc4c(c3)OCCO4)c(=O)c2c1. The molecular weight excluding hydrogens is 346 g/mol. The molecule has 0 fully saturated rings. The highest BCUT2D eigenvalue weighted by Crippen LogP contribution is 2.32. The third-order valence-corrected chi connectivity index (χ3v) is 4.18. The summed E-state index contributed by atoms with van der Waals surface area (Å²) in [6, 6.07) is 10.6. The van der Waals surface area contributed by atoms with E-state index in [9.17, 15) is 9.59 Å². The molecule has 2 aromatic carbocycles. The third kappa shape index (κ3) is 3.55. The number of benzene rings is 2. The van der Waals surface area contributed by atoms with Crippen molar-refractivity contribution >= 4 is 28.6 Å². The summed E-state index contributed by atoms with van der Waals surface area (Å²) in [5.74, 6) is 0.878. The molecule has 0 bridgehead atoms. The summed E-state index contributed by atoms with van der Waals surface area (Å²) < 4.78 is 16.4. The van der Waals surface area contributed by atoms with Crippen LogP contribution in [-0.4, -0.2) is 19.1 Å². The van der Waals surface area contributed by atoms with Gasteiger partial charge in [0.15, 0.2) is 16.9 Å². The maximum atomic E-state index is 12.5. The van der Waals surface area contributed by atoms with E-state index in [2.05, 4.69) is 5.32 Å². The van der Waals surface area contributed by atoms with Crippen LogP contribution in [0.2, 0.25) is 0 Å². The minimum atomic E-state index is -0.365. The Balaban J connectivity index is 1.53. The predicted octanol–water partition coefficient (Wildman–Crippen LogP) is 3.52. The average Bonchev–Trinajstić information content (AvgIpc) is 2.68. The van der Waals surface area contributed by atoms with E-state index in [0.29, 0.717) is 46.9 Å². The van der Waals surface area contributed by atoms with Crippen LogP contribution in [0.4, 0.5) is 5.69 Å². The number of rotatable bonds is 3. The highest BCUT2D eigenvalue weighted by Gasteiger charge is 2.12. The molecule has 1 amide bonds. The van der Waals surface area contributed by atoms with Crippen molar-refractivity contribution in [3.05, 3.63) is 70.1 Å². The third-order valence-electron chi connectivity index (χ3n) is 4.18. The molecule has 1 aliphatic rings. The molecule has 0 saturated heterocycles. The van der Waals surface area contributed by atoms with Crippen LogP contribution in [0.1, 0.15) is 11.1 Å². The summed E-state index contributed by atoms with van der Waals surface area (Å²) in [6.07, 6.45) is 4.10. The predicted molar refractivity (Wildman–Crippen MR) is 102 cm³/mol. The number of carbonyl (C=O) groups is 1. The van der Waals surface area contributed by atoms with Gasteiger partial charge in [-0.05, 0) is 37.3 Å². The standard InChI is InChI=1S/C21H17NO5/c1-13-2-5-17-16(10-13)21(24)14(12-27-17)3-7-20(23)22-15-4-6-18-19(11-15)26-9-8-25-18/h2-7,10-12H,8-9H2,1H3,(H,22,23)/b7-3+. The molecule has 0 radical (unpaired) electrons. The summed E-state index contributed by atoms with van der Waals surface area (Å²) in [4.78, 5) is 24.7. The van der Waals surface area contributed by atoms with Gasteiger partial charge in [-0.25, -0.2) is 0 Å². The number of carbonyl (C=O) groups excluding carboxylic acids is 1. The molecule has 6 nitrogen and oxygen atoms in total. The molecule has 6 heteroatoms.